The van der Waals surface area contributed by atoms with Gasteiger partial charge < -0.3 is 4.74 Å². The van der Waals surface area contributed by atoms with Gasteiger partial charge >= 0.3 is 0 Å². The standard InChI is InChI=1S/C14H13ClO/c1-11(12-5-3-2-4-6-12)16-14-9-7-13(15)8-10-14/h2-11H,1H3. The summed E-state index contributed by atoms with van der Waals surface area (Å²) >= 11 is 5.81. The molecule has 0 spiro atoms. The van der Waals surface area contributed by atoms with Crippen molar-refractivity contribution in [3.63, 3.8) is 0 Å². The van der Waals surface area contributed by atoms with Gasteiger partial charge in [0.1, 0.15) is 11.9 Å². The molecule has 0 aliphatic heterocycles. The van der Waals surface area contributed by atoms with E-state index in [-0.39, 0.29) is 6.10 Å². The average molecular weight is 233 g/mol. The quantitative estimate of drug-likeness (QED) is 0.758. The zero-order chi connectivity index (χ0) is 11.4. The summed E-state index contributed by atoms with van der Waals surface area (Å²) in [4.78, 5) is 0. The summed E-state index contributed by atoms with van der Waals surface area (Å²) in [7, 11) is 0. The Bertz CT molecular complexity index is 436. The van der Waals surface area contributed by atoms with Crippen molar-refractivity contribution in [2.45, 2.75) is 13.0 Å². The van der Waals surface area contributed by atoms with Crippen molar-refractivity contribution in [1.82, 2.24) is 0 Å². The van der Waals surface area contributed by atoms with Crippen LogP contribution in [0.15, 0.2) is 54.6 Å². The Kier molecular flexibility index (Phi) is 3.47. The van der Waals surface area contributed by atoms with Crippen molar-refractivity contribution in [3.8, 4) is 5.75 Å². The molecule has 0 aromatic heterocycles. The van der Waals surface area contributed by atoms with Gasteiger partial charge in [0.2, 0.25) is 0 Å². The van der Waals surface area contributed by atoms with Gasteiger partial charge in [-0.05, 0) is 36.8 Å². The minimum absolute atomic E-state index is 0.0439. The van der Waals surface area contributed by atoms with E-state index in [1.807, 2.05) is 49.4 Å². The Morgan fingerprint density at radius 1 is 0.938 bits per heavy atom. The lowest BCUT2D eigenvalue weighted by atomic mass is 10.1. The first-order chi connectivity index (χ1) is 7.75. The number of hydrogen-bond donors (Lipinski definition) is 0. The topological polar surface area (TPSA) is 9.23 Å². The SMILES string of the molecule is CC(Oc1ccc(Cl)cc1)c1ccccc1. The fourth-order valence-corrected chi connectivity index (χ4v) is 1.64. The fourth-order valence-electron chi connectivity index (χ4n) is 1.51. The third-order valence-corrected chi connectivity index (χ3v) is 2.65. The molecule has 82 valence electrons. The summed E-state index contributed by atoms with van der Waals surface area (Å²) < 4.78 is 5.80. The molecule has 16 heavy (non-hydrogen) atoms. The molecule has 0 amide bonds. The van der Waals surface area contributed by atoms with Gasteiger partial charge in [-0.15, -0.1) is 0 Å². The van der Waals surface area contributed by atoms with Crippen molar-refractivity contribution in [2.24, 2.45) is 0 Å². The molecule has 1 atom stereocenters. The van der Waals surface area contributed by atoms with E-state index in [2.05, 4.69) is 12.1 Å². The van der Waals surface area contributed by atoms with Gasteiger partial charge in [0.25, 0.3) is 0 Å². The number of rotatable bonds is 3. The minimum atomic E-state index is 0.0439. The van der Waals surface area contributed by atoms with E-state index in [0.717, 1.165) is 16.3 Å². The molecule has 2 aromatic carbocycles. The highest BCUT2D eigenvalue weighted by Crippen LogP contribution is 2.22. The predicted molar refractivity (Wildman–Crippen MR) is 66.9 cm³/mol. The summed E-state index contributed by atoms with van der Waals surface area (Å²) in [5.41, 5.74) is 1.16. The number of ether oxygens (including phenoxy) is 1. The van der Waals surface area contributed by atoms with Crippen molar-refractivity contribution in [2.75, 3.05) is 0 Å². The summed E-state index contributed by atoms with van der Waals surface area (Å²) in [5.74, 6) is 0.834. The maximum Gasteiger partial charge on any atom is 0.121 e. The normalized spacial score (nSPS) is 12.1. The minimum Gasteiger partial charge on any atom is -0.486 e. The number of benzene rings is 2. The smallest absolute Gasteiger partial charge is 0.121 e. The zero-order valence-electron chi connectivity index (χ0n) is 9.06. The molecule has 2 heteroatoms. The highest BCUT2D eigenvalue weighted by atomic mass is 35.5. The first kappa shape index (κ1) is 11.0. The van der Waals surface area contributed by atoms with E-state index in [9.17, 15) is 0 Å². The molecule has 0 aliphatic carbocycles. The molecule has 0 heterocycles. The van der Waals surface area contributed by atoms with Crippen LogP contribution in [0.1, 0.15) is 18.6 Å². The van der Waals surface area contributed by atoms with E-state index in [0.29, 0.717) is 0 Å². The third kappa shape index (κ3) is 2.77. The molecule has 0 aliphatic rings. The van der Waals surface area contributed by atoms with Crippen molar-refractivity contribution in [3.05, 3.63) is 65.2 Å². The maximum absolute atomic E-state index is 5.81. The van der Waals surface area contributed by atoms with E-state index in [1.165, 1.54) is 0 Å². The van der Waals surface area contributed by atoms with Crippen molar-refractivity contribution < 1.29 is 4.74 Å². The largest absolute Gasteiger partial charge is 0.486 e. The van der Waals surface area contributed by atoms with Gasteiger partial charge in [-0.3, -0.25) is 0 Å². The number of hydrogen-bond acceptors (Lipinski definition) is 1. The first-order valence-electron chi connectivity index (χ1n) is 5.23. The van der Waals surface area contributed by atoms with Crippen molar-refractivity contribution >= 4 is 11.6 Å². The maximum atomic E-state index is 5.81. The fraction of sp³-hybridized carbons (Fsp3) is 0.143. The monoisotopic (exact) mass is 232 g/mol. The van der Waals surface area contributed by atoms with Crippen LogP contribution in [0.3, 0.4) is 0 Å². The molecule has 0 saturated carbocycles. The van der Waals surface area contributed by atoms with E-state index >= 15 is 0 Å². The van der Waals surface area contributed by atoms with Gasteiger partial charge in [0.05, 0.1) is 0 Å². The molecule has 0 saturated heterocycles. The summed E-state index contributed by atoms with van der Waals surface area (Å²) in [6.07, 6.45) is 0.0439. The number of halogens is 1. The van der Waals surface area contributed by atoms with Crippen molar-refractivity contribution in [1.29, 1.82) is 0 Å². The highest BCUT2D eigenvalue weighted by molar-refractivity contribution is 6.30. The summed E-state index contributed by atoms with van der Waals surface area (Å²) in [5, 5.41) is 0.722. The Balaban J connectivity index is 2.08. The predicted octanol–water partition coefficient (Wildman–Crippen LogP) is 4.48. The Morgan fingerprint density at radius 2 is 1.56 bits per heavy atom. The van der Waals surface area contributed by atoms with Crippen LogP contribution in [0, 0.1) is 0 Å². The van der Waals surface area contributed by atoms with E-state index < -0.39 is 0 Å². The van der Waals surface area contributed by atoms with E-state index in [4.69, 9.17) is 16.3 Å². The molecule has 1 nitrogen and oxygen atoms in total. The van der Waals surface area contributed by atoms with Crippen LogP contribution in [0.2, 0.25) is 5.02 Å². The lowest BCUT2D eigenvalue weighted by molar-refractivity contribution is 0.227. The van der Waals surface area contributed by atoms with Gasteiger partial charge in [-0.1, -0.05) is 41.9 Å². The van der Waals surface area contributed by atoms with Crippen LogP contribution in [-0.2, 0) is 0 Å². The second-order valence-corrected chi connectivity index (χ2v) is 4.06. The molecule has 2 aromatic rings. The highest BCUT2D eigenvalue weighted by Gasteiger charge is 2.05. The molecule has 0 bridgehead atoms. The average Bonchev–Trinajstić information content (AvgIpc) is 2.33. The van der Waals surface area contributed by atoms with Gasteiger partial charge in [-0.25, -0.2) is 0 Å². The van der Waals surface area contributed by atoms with Crippen LogP contribution < -0.4 is 4.74 Å². The molecule has 1 unspecified atom stereocenters. The lowest BCUT2D eigenvalue weighted by Crippen LogP contribution is -2.02. The van der Waals surface area contributed by atoms with Gasteiger partial charge in [-0.2, -0.15) is 0 Å². The Morgan fingerprint density at radius 3 is 2.19 bits per heavy atom. The zero-order valence-corrected chi connectivity index (χ0v) is 9.82. The van der Waals surface area contributed by atoms with E-state index in [1.54, 1.807) is 0 Å². The van der Waals surface area contributed by atoms with Crippen LogP contribution in [0.4, 0.5) is 0 Å². The Hall–Kier alpha value is -1.47. The Labute approximate surface area is 101 Å². The first-order valence-corrected chi connectivity index (χ1v) is 5.60. The molecular formula is C14H13ClO. The van der Waals surface area contributed by atoms with Gasteiger partial charge in [0, 0.05) is 5.02 Å². The summed E-state index contributed by atoms with van der Waals surface area (Å²) in [6.45, 7) is 2.03. The second kappa shape index (κ2) is 5.04. The van der Waals surface area contributed by atoms with Gasteiger partial charge in [0.15, 0.2) is 0 Å². The van der Waals surface area contributed by atoms with Crippen LogP contribution >= 0.6 is 11.6 Å². The third-order valence-electron chi connectivity index (χ3n) is 2.40. The summed E-state index contributed by atoms with van der Waals surface area (Å²) in [6, 6.07) is 17.5. The lowest BCUT2D eigenvalue weighted by Gasteiger charge is -2.14. The molecule has 0 fully saturated rings. The van der Waals surface area contributed by atoms with Crippen LogP contribution in [-0.4, -0.2) is 0 Å². The van der Waals surface area contributed by atoms with Crippen LogP contribution in [0.25, 0.3) is 0 Å². The van der Waals surface area contributed by atoms with Crippen LogP contribution in [0.5, 0.6) is 5.75 Å². The molecule has 2 rings (SSSR count). The molecular weight excluding hydrogens is 220 g/mol. The second-order valence-electron chi connectivity index (χ2n) is 3.62. The molecule has 0 N–H and O–H groups in total. The molecule has 0 radical (unpaired) electrons.